The van der Waals surface area contributed by atoms with Gasteiger partial charge in [-0.3, -0.25) is 4.79 Å². The predicted octanol–water partition coefficient (Wildman–Crippen LogP) is 4.42. The number of anilines is 1. The Kier molecular flexibility index (Phi) is 4.22. The van der Waals surface area contributed by atoms with Crippen molar-refractivity contribution in [2.45, 2.75) is 58.3 Å². The molecule has 0 aromatic carbocycles. The molecule has 24 heavy (non-hydrogen) atoms. The molecule has 6 heteroatoms. The van der Waals surface area contributed by atoms with E-state index in [1.807, 2.05) is 13.0 Å². The summed E-state index contributed by atoms with van der Waals surface area (Å²) in [7, 11) is 0. The highest BCUT2D eigenvalue weighted by Crippen LogP contribution is 2.43. The largest absolute Gasteiger partial charge is 0.334 e. The van der Waals surface area contributed by atoms with Crippen molar-refractivity contribution in [2.24, 2.45) is 0 Å². The number of aryl methyl sites for hydroxylation is 2. The van der Waals surface area contributed by atoms with Crippen LogP contribution in [0.4, 0.5) is 5.00 Å². The molecule has 0 unspecified atom stereocenters. The lowest BCUT2D eigenvalue weighted by Gasteiger charge is -2.06. The van der Waals surface area contributed by atoms with Crippen LogP contribution in [0.5, 0.6) is 0 Å². The molecular formula is C18H21N3O2S. The fourth-order valence-electron chi connectivity index (χ4n) is 3.52. The molecule has 0 spiro atoms. The summed E-state index contributed by atoms with van der Waals surface area (Å²) < 4.78 is 5.44. The smallest absolute Gasteiger partial charge is 0.261 e. The molecule has 1 amide bonds. The topological polar surface area (TPSA) is 68.0 Å². The van der Waals surface area contributed by atoms with Gasteiger partial charge in [-0.1, -0.05) is 17.7 Å². The van der Waals surface area contributed by atoms with Crippen molar-refractivity contribution in [1.29, 1.82) is 0 Å². The van der Waals surface area contributed by atoms with Crippen molar-refractivity contribution in [2.75, 3.05) is 5.32 Å². The zero-order valence-electron chi connectivity index (χ0n) is 13.9. The molecule has 2 heterocycles. The molecular weight excluding hydrogens is 322 g/mol. The molecule has 0 fully saturated rings. The van der Waals surface area contributed by atoms with E-state index < -0.39 is 0 Å². The van der Waals surface area contributed by atoms with Crippen LogP contribution in [0.25, 0.3) is 11.5 Å². The van der Waals surface area contributed by atoms with Crippen molar-refractivity contribution in [3.8, 4) is 11.5 Å². The zero-order chi connectivity index (χ0) is 16.5. The third-order valence-electron chi connectivity index (χ3n) is 4.72. The minimum atomic E-state index is 0.0152. The average Bonchev–Trinajstić information content (AvgIpc) is 3.26. The van der Waals surface area contributed by atoms with E-state index in [0.717, 1.165) is 48.2 Å². The molecule has 2 aromatic heterocycles. The molecule has 5 nitrogen and oxygen atoms in total. The van der Waals surface area contributed by atoms with Gasteiger partial charge in [0.05, 0.1) is 5.56 Å². The summed E-state index contributed by atoms with van der Waals surface area (Å²) in [5, 5.41) is 7.92. The number of amides is 1. The Balaban J connectivity index is 1.73. The molecule has 0 atom stereocenters. The first-order chi connectivity index (χ1) is 11.7. The third kappa shape index (κ3) is 2.90. The summed E-state index contributed by atoms with van der Waals surface area (Å²) in [6, 6.07) is 0. The number of carbonyl (C=O) groups is 1. The average molecular weight is 343 g/mol. The Morgan fingerprint density at radius 3 is 2.83 bits per heavy atom. The Bertz CT molecular complexity index is 803. The van der Waals surface area contributed by atoms with Crippen LogP contribution in [0.15, 0.2) is 16.2 Å². The Morgan fingerprint density at radius 2 is 2.08 bits per heavy atom. The minimum absolute atomic E-state index is 0.0152. The number of rotatable bonds is 3. The first-order valence-corrected chi connectivity index (χ1v) is 9.49. The molecule has 2 aliphatic rings. The second-order valence-electron chi connectivity index (χ2n) is 6.49. The monoisotopic (exact) mass is 343 g/mol. The maximum atomic E-state index is 12.5. The molecule has 2 aliphatic carbocycles. The Morgan fingerprint density at radius 1 is 1.21 bits per heavy atom. The highest BCUT2D eigenvalue weighted by atomic mass is 32.1. The molecule has 126 valence electrons. The molecule has 0 saturated carbocycles. The standard InChI is InChI=1S/C18H21N3O2S/c1-11-19-17(23-21-11)15-13-9-3-2-4-10-14(13)24-18(15)20-16(22)12-7-5-6-8-12/h7H,2-6,8-10H2,1H3,(H,20,22). The van der Waals surface area contributed by atoms with Gasteiger partial charge in [-0.2, -0.15) is 4.98 Å². The quantitative estimate of drug-likeness (QED) is 0.838. The normalized spacial score (nSPS) is 17.3. The van der Waals surface area contributed by atoms with Gasteiger partial charge in [-0.05, 0) is 57.4 Å². The lowest BCUT2D eigenvalue weighted by molar-refractivity contribution is -0.112. The van der Waals surface area contributed by atoms with E-state index >= 15 is 0 Å². The van der Waals surface area contributed by atoms with Gasteiger partial charge in [0.25, 0.3) is 11.8 Å². The predicted molar refractivity (Wildman–Crippen MR) is 94.2 cm³/mol. The molecule has 0 saturated heterocycles. The minimum Gasteiger partial charge on any atom is -0.334 e. The maximum absolute atomic E-state index is 12.5. The SMILES string of the molecule is Cc1noc(-c2c(NC(=O)C3=CCCC3)sc3c2CCCCC3)n1. The first kappa shape index (κ1) is 15.6. The summed E-state index contributed by atoms with van der Waals surface area (Å²) in [5.41, 5.74) is 3.13. The molecule has 0 radical (unpaired) electrons. The summed E-state index contributed by atoms with van der Waals surface area (Å²) in [6.45, 7) is 1.82. The van der Waals surface area contributed by atoms with E-state index in [1.165, 1.54) is 29.7 Å². The maximum Gasteiger partial charge on any atom is 0.261 e. The van der Waals surface area contributed by atoms with Gasteiger partial charge < -0.3 is 9.84 Å². The molecule has 4 rings (SSSR count). The number of carbonyl (C=O) groups excluding carboxylic acids is 1. The van der Waals surface area contributed by atoms with Gasteiger partial charge in [0.2, 0.25) is 0 Å². The third-order valence-corrected chi connectivity index (χ3v) is 5.93. The van der Waals surface area contributed by atoms with E-state index in [0.29, 0.717) is 11.7 Å². The van der Waals surface area contributed by atoms with Crippen LogP contribution in [0.1, 0.15) is 54.8 Å². The molecule has 1 N–H and O–H groups in total. The van der Waals surface area contributed by atoms with Crippen LogP contribution in [0.3, 0.4) is 0 Å². The molecule has 0 bridgehead atoms. The number of nitrogens with one attached hydrogen (secondary N) is 1. The van der Waals surface area contributed by atoms with E-state index in [1.54, 1.807) is 11.3 Å². The molecule has 0 aliphatic heterocycles. The van der Waals surface area contributed by atoms with Crippen molar-refractivity contribution < 1.29 is 9.32 Å². The van der Waals surface area contributed by atoms with Crippen molar-refractivity contribution >= 4 is 22.2 Å². The van der Waals surface area contributed by atoms with Crippen LogP contribution in [-0.2, 0) is 17.6 Å². The van der Waals surface area contributed by atoms with Crippen LogP contribution in [-0.4, -0.2) is 16.0 Å². The van der Waals surface area contributed by atoms with Gasteiger partial charge in [-0.15, -0.1) is 11.3 Å². The van der Waals surface area contributed by atoms with Crippen molar-refractivity contribution in [1.82, 2.24) is 10.1 Å². The number of thiophene rings is 1. The summed E-state index contributed by atoms with van der Waals surface area (Å²) >= 11 is 1.68. The Labute approximate surface area is 145 Å². The lowest BCUT2D eigenvalue weighted by Crippen LogP contribution is -2.13. The van der Waals surface area contributed by atoms with Crippen LogP contribution < -0.4 is 5.32 Å². The first-order valence-electron chi connectivity index (χ1n) is 8.68. The van der Waals surface area contributed by atoms with E-state index in [-0.39, 0.29) is 5.91 Å². The van der Waals surface area contributed by atoms with Crippen molar-refractivity contribution in [3.05, 3.63) is 27.9 Å². The number of fused-ring (bicyclic) bond motifs is 1. The number of hydrogen-bond acceptors (Lipinski definition) is 5. The number of allylic oxidation sites excluding steroid dienone is 1. The second kappa shape index (κ2) is 6.51. The van der Waals surface area contributed by atoms with Gasteiger partial charge in [0, 0.05) is 10.5 Å². The number of nitrogens with zero attached hydrogens (tertiary/aromatic N) is 2. The summed E-state index contributed by atoms with van der Waals surface area (Å²) in [5.74, 6) is 1.17. The van der Waals surface area contributed by atoms with Crippen molar-refractivity contribution in [3.63, 3.8) is 0 Å². The van der Waals surface area contributed by atoms with Gasteiger partial charge in [0.1, 0.15) is 5.00 Å². The van der Waals surface area contributed by atoms with Crippen LogP contribution in [0, 0.1) is 6.92 Å². The number of aromatic nitrogens is 2. The lowest BCUT2D eigenvalue weighted by atomic mass is 10.1. The second-order valence-corrected chi connectivity index (χ2v) is 7.60. The Hall–Kier alpha value is -1.95. The zero-order valence-corrected chi connectivity index (χ0v) is 14.7. The van der Waals surface area contributed by atoms with Gasteiger partial charge in [0.15, 0.2) is 5.82 Å². The molecule has 2 aromatic rings. The van der Waals surface area contributed by atoms with Crippen LogP contribution in [0.2, 0.25) is 0 Å². The summed E-state index contributed by atoms with van der Waals surface area (Å²) in [4.78, 5) is 18.3. The van der Waals surface area contributed by atoms with E-state index in [9.17, 15) is 4.79 Å². The highest BCUT2D eigenvalue weighted by molar-refractivity contribution is 7.17. The van der Waals surface area contributed by atoms with Gasteiger partial charge >= 0.3 is 0 Å². The van der Waals surface area contributed by atoms with E-state index in [4.69, 9.17) is 4.52 Å². The number of hydrogen-bond donors (Lipinski definition) is 1. The fraction of sp³-hybridized carbons (Fsp3) is 0.500. The summed E-state index contributed by atoms with van der Waals surface area (Å²) in [6.07, 6.45) is 10.7. The highest BCUT2D eigenvalue weighted by Gasteiger charge is 2.26. The van der Waals surface area contributed by atoms with Gasteiger partial charge in [-0.25, -0.2) is 0 Å². The fourth-order valence-corrected chi connectivity index (χ4v) is 4.79. The van der Waals surface area contributed by atoms with E-state index in [2.05, 4.69) is 15.5 Å². The van der Waals surface area contributed by atoms with Crippen LogP contribution >= 0.6 is 11.3 Å².